The van der Waals surface area contributed by atoms with Gasteiger partial charge >= 0.3 is 0 Å². The molecule has 0 aliphatic carbocycles. The molecule has 0 saturated carbocycles. The van der Waals surface area contributed by atoms with Gasteiger partial charge in [0, 0.05) is 5.56 Å². The maximum absolute atomic E-state index is 12.0. The van der Waals surface area contributed by atoms with Gasteiger partial charge in [-0.2, -0.15) is 5.06 Å². The second-order valence-corrected chi connectivity index (χ2v) is 4.75. The number of hydrogen-bond donors (Lipinski definition) is 0. The summed E-state index contributed by atoms with van der Waals surface area (Å²) in [6.45, 7) is 3.71. The lowest BCUT2D eigenvalue weighted by molar-refractivity contribution is -0.0453. The molecule has 1 aromatic carbocycles. The van der Waals surface area contributed by atoms with Gasteiger partial charge in [0.15, 0.2) is 0 Å². The highest BCUT2D eigenvalue weighted by molar-refractivity contribution is 6.54. The van der Waals surface area contributed by atoms with E-state index in [1.165, 1.54) is 7.11 Å². The van der Waals surface area contributed by atoms with Crippen molar-refractivity contribution in [2.45, 2.75) is 0 Å². The van der Waals surface area contributed by atoms with Gasteiger partial charge in [-0.05, 0) is 0 Å². The van der Waals surface area contributed by atoms with Crippen LogP contribution in [-0.2, 0) is 4.84 Å². The van der Waals surface area contributed by atoms with Crippen LogP contribution in [0, 0.1) is 0 Å². The number of carbonyl (C=O) groups is 1. The van der Waals surface area contributed by atoms with Crippen LogP contribution in [0.3, 0.4) is 0 Å². The van der Waals surface area contributed by atoms with Gasteiger partial charge in [-0.25, -0.2) is 0 Å². The smallest absolute Gasteiger partial charge is 0.269 e. The summed E-state index contributed by atoms with van der Waals surface area (Å²) in [6.07, 6.45) is 0. The van der Waals surface area contributed by atoms with Crippen LogP contribution in [0.25, 0.3) is 5.70 Å². The Morgan fingerprint density at radius 2 is 1.47 bits per heavy atom. The minimum Gasteiger partial charge on any atom is -0.269 e. The van der Waals surface area contributed by atoms with Crippen molar-refractivity contribution < 1.29 is 9.63 Å². The quantitative estimate of drug-likeness (QED) is 0.572. The van der Waals surface area contributed by atoms with Gasteiger partial charge < -0.3 is 0 Å². The number of fused-ring (bicyclic) bond motifs is 1. The highest BCUT2D eigenvalue weighted by Crippen LogP contribution is 2.47. The van der Waals surface area contributed by atoms with Crippen molar-refractivity contribution in [1.82, 2.24) is 5.06 Å². The zero-order valence-corrected chi connectivity index (χ0v) is 11.5. The van der Waals surface area contributed by atoms with Crippen LogP contribution in [-0.4, -0.2) is 18.1 Å². The molecule has 0 atom stereocenters. The fourth-order valence-corrected chi connectivity index (χ4v) is 2.66. The number of benzene rings is 1. The molecule has 1 aromatic rings. The normalized spacial score (nSPS) is 14.5. The first-order valence-corrected chi connectivity index (χ1v) is 5.86. The van der Waals surface area contributed by atoms with E-state index in [4.69, 9.17) is 51.2 Å². The topological polar surface area (TPSA) is 29.5 Å². The van der Waals surface area contributed by atoms with Gasteiger partial charge in [0.1, 0.15) is 0 Å². The first kappa shape index (κ1) is 13.0. The summed E-state index contributed by atoms with van der Waals surface area (Å²) in [5, 5.41) is 1.28. The summed E-state index contributed by atoms with van der Waals surface area (Å²) in [7, 11) is 1.33. The van der Waals surface area contributed by atoms with Crippen LogP contribution < -0.4 is 0 Å². The van der Waals surface area contributed by atoms with Gasteiger partial charge in [-0.1, -0.05) is 53.0 Å². The minimum atomic E-state index is -0.474. The first-order chi connectivity index (χ1) is 7.91. The Hall–Kier alpha value is -0.450. The van der Waals surface area contributed by atoms with Crippen molar-refractivity contribution in [2.24, 2.45) is 0 Å². The average Bonchev–Trinajstić information content (AvgIpc) is 2.55. The Kier molecular flexibility index (Phi) is 3.31. The van der Waals surface area contributed by atoms with E-state index in [0.717, 1.165) is 5.06 Å². The van der Waals surface area contributed by atoms with Crippen LogP contribution >= 0.6 is 46.4 Å². The summed E-state index contributed by atoms with van der Waals surface area (Å²) in [5.74, 6) is -0.474. The molecule has 0 saturated heterocycles. The van der Waals surface area contributed by atoms with Gasteiger partial charge in [0.2, 0.25) is 0 Å². The Morgan fingerprint density at radius 1 is 1.00 bits per heavy atom. The molecule has 0 aromatic heterocycles. The molecular weight excluding hydrogens is 308 g/mol. The van der Waals surface area contributed by atoms with Crippen molar-refractivity contribution in [3.05, 3.63) is 37.8 Å². The van der Waals surface area contributed by atoms with E-state index in [9.17, 15) is 4.79 Å². The molecule has 0 spiro atoms. The zero-order chi connectivity index (χ0) is 12.9. The third-order valence-electron chi connectivity index (χ3n) is 2.38. The summed E-state index contributed by atoms with van der Waals surface area (Å²) in [6, 6.07) is 0. The lowest BCUT2D eigenvalue weighted by Crippen LogP contribution is -2.21. The van der Waals surface area contributed by atoms with Crippen molar-refractivity contribution >= 4 is 58.0 Å². The molecule has 1 aliphatic heterocycles. The summed E-state index contributed by atoms with van der Waals surface area (Å²) < 4.78 is 0. The maximum Gasteiger partial charge on any atom is 0.284 e. The highest BCUT2D eigenvalue weighted by Gasteiger charge is 2.38. The number of rotatable bonds is 1. The molecule has 7 heteroatoms. The summed E-state index contributed by atoms with van der Waals surface area (Å²) >= 11 is 23.8. The Morgan fingerprint density at radius 3 is 1.94 bits per heavy atom. The number of amides is 1. The Bertz CT molecular complexity index is 509. The second-order valence-electron chi connectivity index (χ2n) is 3.23. The van der Waals surface area contributed by atoms with E-state index in [-0.39, 0.29) is 31.4 Å². The highest BCUT2D eigenvalue weighted by atomic mass is 35.5. The van der Waals surface area contributed by atoms with Gasteiger partial charge in [-0.3, -0.25) is 9.63 Å². The van der Waals surface area contributed by atoms with Crippen molar-refractivity contribution in [1.29, 1.82) is 0 Å². The maximum atomic E-state index is 12.0. The number of carbonyl (C=O) groups excluding carboxylic acids is 1. The van der Waals surface area contributed by atoms with E-state index >= 15 is 0 Å². The van der Waals surface area contributed by atoms with Crippen LogP contribution in [0.5, 0.6) is 0 Å². The standard InChI is InChI=1S/C10H5Cl4NO2/c1-3-4-5(10(16)15(3)17-2)7(12)9(14)8(13)6(4)11/h1H2,2H3. The predicted molar refractivity (Wildman–Crippen MR) is 68.7 cm³/mol. The first-order valence-electron chi connectivity index (χ1n) is 4.35. The molecule has 0 bridgehead atoms. The number of nitrogens with zero attached hydrogens (tertiary/aromatic N) is 1. The molecule has 0 unspecified atom stereocenters. The molecule has 3 nitrogen and oxygen atoms in total. The van der Waals surface area contributed by atoms with Crippen LogP contribution in [0.2, 0.25) is 20.1 Å². The van der Waals surface area contributed by atoms with E-state index in [2.05, 4.69) is 6.58 Å². The second kappa shape index (κ2) is 4.34. The van der Waals surface area contributed by atoms with Gasteiger partial charge in [0.05, 0.1) is 38.5 Å². The minimum absolute atomic E-state index is 0.0381. The molecule has 2 rings (SSSR count). The van der Waals surface area contributed by atoms with Crippen LogP contribution in [0.1, 0.15) is 15.9 Å². The third kappa shape index (κ3) is 1.65. The molecule has 0 N–H and O–H groups in total. The molecular formula is C10H5Cl4NO2. The van der Waals surface area contributed by atoms with E-state index in [1.54, 1.807) is 0 Å². The van der Waals surface area contributed by atoms with Crippen LogP contribution in [0.15, 0.2) is 6.58 Å². The number of halogens is 4. The van der Waals surface area contributed by atoms with Gasteiger partial charge in [0.25, 0.3) is 5.91 Å². The Balaban J connectivity index is 2.84. The van der Waals surface area contributed by atoms with Crippen molar-refractivity contribution in [3.63, 3.8) is 0 Å². The summed E-state index contributed by atoms with van der Waals surface area (Å²) in [4.78, 5) is 16.9. The van der Waals surface area contributed by atoms with E-state index in [1.807, 2.05) is 0 Å². The average molecular weight is 313 g/mol. The van der Waals surface area contributed by atoms with Gasteiger partial charge in [-0.15, -0.1) is 0 Å². The molecule has 90 valence electrons. The summed E-state index contributed by atoms with van der Waals surface area (Å²) in [5.41, 5.74) is 0.772. The predicted octanol–water partition coefficient (Wildman–Crippen LogP) is 4.29. The molecule has 0 radical (unpaired) electrons. The van der Waals surface area contributed by atoms with Crippen LogP contribution in [0.4, 0.5) is 0 Å². The van der Waals surface area contributed by atoms with E-state index in [0.29, 0.717) is 5.56 Å². The SMILES string of the molecule is C=C1c2c(Cl)c(Cl)c(Cl)c(Cl)c2C(=O)N1OC. The number of hydroxylamine groups is 2. The fourth-order valence-electron chi connectivity index (χ4n) is 1.62. The zero-order valence-electron chi connectivity index (χ0n) is 8.48. The lowest BCUT2D eigenvalue weighted by Gasteiger charge is -2.12. The molecule has 1 amide bonds. The molecule has 1 heterocycles. The largest absolute Gasteiger partial charge is 0.284 e. The third-order valence-corrected chi connectivity index (χ3v) is 4.18. The molecule has 1 aliphatic rings. The van der Waals surface area contributed by atoms with Crippen molar-refractivity contribution in [2.75, 3.05) is 7.11 Å². The molecule has 17 heavy (non-hydrogen) atoms. The Labute approximate surface area is 117 Å². The fraction of sp³-hybridized carbons (Fsp3) is 0.100. The van der Waals surface area contributed by atoms with E-state index < -0.39 is 5.91 Å². The monoisotopic (exact) mass is 311 g/mol. The van der Waals surface area contributed by atoms with Crippen molar-refractivity contribution in [3.8, 4) is 0 Å². The lowest BCUT2D eigenvalue weighted by atomic mass is 10.1. The number of hydrogen-bond acceptors (Lipinski definition) is 2. The molecule has 0 fully saturated rings.